The Morgan fingerprint density at radius 1 is 1.53 bits per heavy atom. The van der Waals surface area contributed by atoms with E-state index >= 15 is 0 Å². The van der Waals surface area contributed by atoms with Crippen molar-refractivity contribution in [3.63, 3.8) is 0 Å². The van der Waals surface area contributed by atoms with Crippen LogP contribution in [0.5, 0.6) is 5.75 Å². The predicted octanol–water partition coefficient (Wildman–Crippen LogP) is 1.56. The molecule has 2 N–H and O–H groups in total. The molecule has 0 heterocycles. The Morgan fingerprint density at radius 2 is 2.24 bits per heavy atom. The number of carboxylic acid groups (broad SMARTS) is 1. The van der Waals surface area contributed by atoms with Gasteiger partial charge in [-0.25, -0.2) is 4.79 Å². The van der Waals surface area contributed by atoms with Gasteiger partial charge in [0, 0.05) is 5.92 Å². The molecule has 1 aromatic carbocycles. The van der Waals surface area contributed by atoms with Gasteiger partial charge < -0.3 is 14.9 Å². The van der Waals surface area contributed by atoms with Crippen LogP contribution in [0.1, 0.15) is 30.4 Å². The van der Waals surface area contributed by atoms with E-state index in [1.54, 1.807) is 7.11 Å². The molecular formula is C13H16O4. The van der Waals surface area contributed by atoms with Crippen LogP contribution in [-0.4, -0.2) is 28.9 Å². The molecule has 4 heteroatoms. The smallest absolute Gasteiger partial charge is 0.336 e. The number of rotatable bonds is 3. The molecular weight excluding hydrogens is 220 g/mol. The Labute approximate surface area is 99.8 Å². The highest BCUT2D eigenvalue weighted by molar-refractivity contribution is 5.78. The van der Waals surface area contributed by atoms with Gasteiger partial charge in [0.1, 0.15) is 5.75 Å². The van der Waals surface area contributed by atoms with Crippen LogP contribution in [-0.2, 0) is 11.2 Å². The molecule has 2 atom stereocenters. The van der Waals surface area contributed by atoms with E-state index in [1.807, 2.05) is 18.2 Å². The summed E-state index contributed by atoms with van der Waals surface area (Å²) in [4.78, 5) is 11.1. The molecule has 4 nitrogen and oxygen atoms in total. The zero-order chi connectivity index (χ0) is 12.6. The van der Waals surface area contributed by atoms with Crippen LogP contribution in [0.3, 0.4) is 0 Å². The van der Waals surface area contributed by atoms with Crippen molar-refractivity contribution in [1.82, 2.24) is 0 Å². The van der Waals surface area contributed by atoms with Gasteiger partial charge in [-0.1, -0.05) is 6.07 Å². The molecule has 2 unspecified atom stereocenters. The molecule has 0 saturated heterocycles. The fraction of sp³-hybridized carbons (Fsp3) is 0.462. The Morgan fingerprint density at radius 3 is 2.82 bits per heavy atom. The molecule has 0 aliphatic heterocycles. The Bertz CT molecular complexity index is 451. The second-order valence-corrected chi connectivity index (χ2v) is 4.61. The monoisotopic (exact) mass is 236 g/mol. The summed E-state index contributed by atoms with van der Waals surface area (Å²) in [5.74, 6) is -0.861. The zero-order valence-corrected chi connectivity index (χ0v) is 9.93. The van der Waals surface area contributed by atoms with Gasteiger partial charge in [-0.3, -0.25) is 0 Å². The van der Waals surface area contributed by atoms with Gasteiger partial charge in [-0.15, -0.1) is 0 Å². The minimum Gasteiger partial charge on any atom is -0.497 e. The molecule has 1 aliphatic rings. The number of aliphatic carboxylic acids is 1. The maximum absolute atomic E-state index is 11.1. The third-order valence-corrected chi connectivity index (χ3v) is 3.54. The van der Waals surface area contributed by atoms with Crippen molar-refractivity contribution in [2.24, 2.45) is 0 Å². The lowest BCUT2D eigenvalue weighted by Crippen LogP contribution is -2.40. The number of aryl methyl sites for hydroxylation is 1. The lowest BCUT2D eigenvalue weighted by Gasteiger charge is -2.26. The fourth-order valence-corrected chi connectivity index (χ4v) is 2.44. The summed E-state index contributed by atoms with van der Waals surface area (Å²) in [5.41, 5.74) is 0.256. The van der Waals surface area contributed by atoms with Crippen molar-refractivity contribution in [1.29, 1.82) is 0 Å². The van der Waals surface area contributed by atoms with Crippen molar-refractivity contribution < 1.29 is 19.7 Å². The van der Waals surface area contributed by atoms with E-state index in [0.717, 1.165) is 17.5 Å². The van der Waals surface area contributed by atoms with Crippen LogP contribution in [0.4, 0.5) is 0 Å². The van der Waals surface area contributed by atoms with Crippen molar-refractivity contribution in [2.45, 2.75) is 31.3 Å². The van der Waals surface area contributed by atoms with E-state index in [1.165, 1.54) is 6.92 Å². The van der Waals surface area contributed by atoms with E-state index in [4.69, 9.17) is 9.84 Å². The number of hydrogen-bond acceptors (Lipinski definition) is 3. The van der Waals surface area contributed by atoms with E-state index in [2.05, 4.69) is 0 Å². The van der Waals surface area contributed by atoms with Gasteiger partial charge in [0.05, 0.1) is 7.11 Å². The number of ether oxygens (including phenoxy) is 1. The second kappa shape index (κ2) is 4.04. The first-order valence-electron chi connectivity index (χ1n) is 5.59. The number of methoxy groups -OCH3 is 1. The molecule has 1 aromatic rings. The van der Waals surface area contributed by atoms with Crippen LogP contribution < -0.4 is 4.74 Å². The second-order valence-electron chi connectivity index (χ2n) is 4.61. The molecule has 17 heavy (non-hydrogen) atoms. The maximum Gasteiger partial charge on any atom is 0.336 e. The molecule has 1 aliphatic carbocycles. The van der Waals surface area contributed by atoms with Gasteiger partial charge in [-0.2, -0.15) is 0 Å². The molecule has 0 amide bonds. The lowest BCUT2D eigenvalue weighted by molar-refractivity contribution is -0.159. The number of fused-ring (bicyclic) bond motifs is 1. The molecule has 0 bridgehead atoms. The largest absolute Gasteiger partial charge is 0.497 e. The topological polar surface area (TPSA) is 66.8 Å². The summed E-state index contributed by atoms with van der Waals surface area (Å²) in [7, 11) is 1.57. The molecule has 0 aromatic heterocycles. The Hall–Kier alpha value is -1.55. The summed E-state index contributed by atoms with van der Waals surface area (Å²) >= 11 is 0. The van der Waals surface area contributed by atoms with Crippen LogP contribution in [0.15, 0.2) is 18.2 Å². The van der Waals surface area contributed by atoms with Gasteiger partial charge in [0.2, 0.25) is 0 Å². The summed E-state index contributed by atoms with van der Waals surface area (Å²) in [6.07, 6.45) is 1.45. The molecule has 92 valence electrons. The highest BCUT2D eigenvalue weighted by Gasteiger charge is 2.43. The van der Waals surface area contributed by atoms with E-state index in [-0.39, 0.29) is 5.92 Å². The number of carbonyl (C=O) groups is 1. The van der Waals surface area contributed by atoms with Crippen LogP contribution >= 0.6 is 0 Å². The van der Waals surface area contributed by atoms with Gasteiger partial charge >= 0.3 is 5.97 Å². The SMILES string of the molecule is COc1ccc2c(c1)C(C(C)(O)C(=O)O)CC2. The molecule has 0 radical (unpaired) electrons. The van der Waals surface area contributed by atoms with Gasteiger partial charge in [-0.05, 0) is 43.0 Å². The summed E-state index contributed by atoms with van der Waals surface area (Å²) in [6.45, 7) is 1.36. The minimum absolute atomic E-state index is 0.370. The first kappa shape index (κ1) is 11.9. The third kappa shape index (κ3) is 1.89. The maximum atomic E-state index is 11.1. The quantitative estimate of drug-likeness (QED) is 0.835. The number of carboxylic acids is 1. The Kier molecular flexibility index (Phi) is 2.83. The number of hydrogen-bond donors (Lipinski definition) is 2. The number of aliphatic hydroxyl groups is 1. The average molecular weight is 236 g/mol. The molecule has 0 spiro atoms. The third-order valence-electron chi connectivity index (χ3n) is 3.54. The minimum atomic E-state index is -1.72. The van der Waals surface area contributed by atoms with E-state index in [0.29, 0.717) is 12.2 Å². The predicted molar refractivity (Wildman–Crippen MR) is 62.3 cm³/mol. The lowest BCUT2D eigenvalue weighted by atomic mass is 9.84. The van der Waals surface area contributed by atoms with Crippen LogP contribution in [0.2, 0.25) is 0 Å². The zero-order valence-electron chi connectivity index (χ0n) is 9.93. The summed E-state index contributed by atoms with van der Waals surface area (Å²) < 4.78 is 5.13. The first-order chi connectivity index (χ1) is 7.96. The van der Waals surface area contributed by atoms with Crippen LogP contribution in [0, 0.1) is 0 Å². The standard InChI is InChI=1S/C13H16O4/c1-13(16,12(14)15)11-6-4-8-3-5-9(17-2)7-10(8)11/h3,5,7,11,16H,4,6H2,1-2H3,(H,14,15). The van der Waals surface area contributed by atoms with Crippen LogP contribution in [0.25, 0.3) is 0 Å². The van der Waals surface area contributed by atoms with Crippen molar-refractivity contribution in [3.05, 3.63) is 29.3 Å². The molecule has 2 rings (SSSR count). The van der Waals surface area contributed by atoms with Crippen molar-refractivity contribution in [2.75, 3.05) is 7.11 Å². The van der Waals surface area contributed by atoms with Crippen molar-refractivity contribution >= 4 is 5.97 Å². The van der Waals surface area contributed by atoms with Gasteiger partial charge in [0.15, 0.2) is 5.60 Å². The Balaban J connectivity index is 2.42. The highest BCUT2D eigenvalue weighted by atomic mass is 16.5. The normalized spacial score (nSPS) is 21.7. The summed E-state index contributed by atoms with van der Waals surface area (Å²) in [6, 6.07) is 5.62. The average Bonchev–Trinajstić information content (AvgIpc) is 2.71. The summed E-state index contributed by atoms with van der Waals surface area (Å²) in [5, 5.41) is 19.1. The van der Waals surface area contributed by atoms with E-state index in [9.17, 15) is 9.90 Å². The van der Waals surface area contributed by atoms with E-state index < -0.39 is 11.6 Å². The number of benzene rings is 1. The molecule has 0 saturated carbocycles. The van der Waals surface area contributed by atoms with Gasteiger partial charge in [0.25, 0.3) is 0 Å². The molecule has 0 fully saturated rings. The van der Waals surface area contributed by atoms with Crippen molar-refractivity contribution in [3.8, 4) is 5.75 Å². The highest BCUT2D eigenvalue weighted by Crippen LogP contribution is 2.41. The fourth-order valence-electron chi connectivity index (χ4n) is 2.44. The first-order valence-corrected chi connectivity index (χ1v) is 5.59.